The summed E-state index contributed by atoms with van der Waals surface area (Å²) in [6.45, 7) is 11.9. The number of fused-ring (bicyclic) bond motifs is 2. The fourth-order valence-electron chi connectivity index (χ4n) is 6.25. The number of carbonyl (C=O) groups excluding carboxylic acids is 3. The summed E-state index contributed by atoms with van der Waals surface area (Å²) in [5.41, 5.74) is -2.87. The van der Waals surface area contributed by atoms with Crippen LogP contribution in [0.25, 0.3) is 0 Å². The van der Waals surface area contributed by atoms with E-state index in [1.807, 2.05) is 65.8 Å². The van der Waals surface area contributed by atoms with Crippen molar-refractivity contribution in [1.29, 1.82) is 0 Å². The van der Waals surface area contributed by atoms with Crippen molar-refractivity contribution in [2.24, 2.45) is 17.8 Å². The van der Waals surface area contributed by atoms with Gasteiger partial charge in [0.05, 0.1) is 25.2 Å². The van der Waals surface area contributed by atoms with Gasteiger partial charge in [-0.05, 0) is 39.5 Å². The van der Waals surface area contributed by atoms with Crippen LogP contribution in [0.3, 0.4) is 0 Å². The van der Waals surface area contributed by atoms with Crippen molar-refractivity contribution in [3.8, 4) is 0 Å². The second kappa shape index (κ2) is 8.48. The van der Waals surface area contributed by atoms with Gasteiger partial charge in [0, 0.05) is 12.1 Å². The van der Waals surface area contributed by atoms with Gasteiger partial charge >= 0.3 is 5.97 Å². The van der Waals surface area contributed by atoms with Gasteiger partial charge in [-0.15, -0.1) is 0 Å². The summed E-state index contributed by atoms with van der Waals surface area (Å²) in [5, 5.41) is 10.3. The maximum absolute atomic E-state index is 14.2. The molecular weight excluding hydrogens is 436 g/mol. The molecule has 0 aromatic carbocycles. The molecule has 8 nitrogen and oxygen atoms in total. The van der Waals surface area contributed by atoms with Gasteiger partial charge in [0.15, 0.2) is 0 Å². The molecule has 1 spiro atoms. The van der Waals surface area contributed by atoms with Crippen LogP contribution in [-0.2, 0) is 23.9 Å². The highest BCUT2D eigenvalue weighted by atomic mass is 16.6. The molecular formula is C26H38N2O6. The van der Waals surface area contributed by atoms with Crippen molar-refractivity contribution in [3.63, 3.8) is 0 Å². The fourth-order valence-corrected chi connectivity index (χ4v) is 6.25. The first-order valence-corrected chi connectivity index (χ1v) is 12.4. The van der Waals surface area contributed by atoms with E-state index in [0.29, 0.717) is 19.4 Å². The molecule has 0 bridgehead atoms. The van der Waals surface area contributed by atoms with Crippen LogP contribution in [0.4, 0.5) is 0 Å². The number of likely N-dealkylation sites (tertiary alicyclic amines) is 1. The number of amides is 2. The Morgan fingerprint density at radius 2 is 1.82 bits per heavy atom. The molecule has 2 amide bonds. The third-order valence-electron chi connectivity index (χ3n) is 7.96. The average Bonchev–Trinajstić information content (AvgIpc) is 3.08. The Kier molecular flexibility index (Phi) is 6.22. The molecule has 1 N–H and O–H groups in total. The summed E-state index contributed by atoms with van der Waals surface area (Å²) in [6, 6.07) is -1.57. The van der Waals surface area contributed by atoms with Crippen molar-refractivity contribution in [3.05, 3.63) is 24.3 Å². The van der Waals surface area contributed by atoms with E-state index in [1.54, 1.807) is 4.90 Å². The molecule has 1 unspecified atom stereocenters. The van der Waals surface area contributed by atoms with Gasteiger partial charge in [-0.3, -0.25) is 14.4 Å². The van der Waals surface area contributed by atoms with Crippen LogP contribution in [-0.4, -0.2) is 81.3 Å². The monoisotopic (exact) mass is 474 g/mol. The van der Waals surface area contributed by atoms with E-state index in [9.17, 15) is 19.5 Å². The number of aliphatic hydroxyl groups excluding tert-OH is 1. The highest BCUT2D eigenvalue weighted by Crippen LogP contribution is 2.59. The van der Waals surface area contributed by atoms with Gasteiger partial charge in [0.1, 0.15) is 23.2 Å². The maximum Gasteiger partial charge on any atom is 0.313 e. The summed E-state index contributed by atoms with van der Waals surface area (Å²) in [6.07, 6.45) is 8.58. The predicted molar refractivity (Wildman–Crippen MR) is 125 cm³/mol. The molecule has 0 aromatic heterocycles. The Labute approximate surface area is 201 Å². The molecule has 4 aliphatic rings. The lowest BCUT2D eigenvalue weighted by molar-refractivity contribution is -0.165. The normalized spacial score (nSPS) is 36.6. The number of hydrogen-bond acceptors (Lipinski definition) is 6. The zero-order valence-corrected chi connectivity index (χ0v) is 21.1. The molecule has 6 atom stereocenters. The number of carbonyl (C=O) groups is 3. The zero-order chi connectivity index (χ0) is 25.1. The molecule has 0 saturated carbocycles. The third-order valence-corrected chi connectivity index (χ3v) is 7.96. The number of aliphatic hydroxyl groups is 1. The first kappa shape index (κ1) is 24.9. The van der Waals surface area contributed by atoms with Crippen LogP contribution in [0.5, 0.6) is 0 Å². The molecule has 4 rings (SSSR count). The lowest BCUT2D eigenvalue weighted by Gasteiger charge is -2.44. The molecule has 2 saturated heterocycles. The summed E-state index contributed by atoms with van der Waals surface area (Å²) >= 11 is 0. The van der Waals surface area contributed by atoms with Crippen molar-refractivity contribution >= 4 is 17.8 Å². The molecule has 4 heterocycles. The Balaban J connectivity index is 1.96. The highest BCUT2D eigenvalue weighted by molar-refractivity contribution is 5.99. The number of ether oxygens (including phenoxy) is 2. The van der Waals surface area contributed by atoms with E-state index >= 15 is 0 Å². The predicted octanol–water partition coefficient (Wildman–Crippen LogP) is 2.06. The van der Waals surface area contributed by atoms with Crippen molar-refractivity contribution in [2.75, 3.05) is 19.8 Å². The number of nitrogens with zero attached hydrogens (tertiary/aromatic N) is 2. The maximum atomic E-state index is 14.2. The van der Waals surface area contributed by atoms with Crippen molar-refractivity contribution in [1.82, 2.24) is 9.80 Å². The molecule has 0 aliphatic carbocycles. The quantitative estimate of drug-likeness (QED) is 0.495. The molecule has 188 valence electrons. The fraction of sp³-hybridized carbons (Fsp3) is 0.731. The minimum Gasteiger partial charge on any atom is -0.465 e. The first-order valence-electron chi connectivity index (χ1n) is 12.4. The lowest BCUT2D eigenvalue weighted by atomic mass is 9.73. The Morgan fingerprint density at radius 1 is 1.12 bits per heavy atom. The van der Waals surface area contributed by atoms with Gasteiger partial charge < -0.3 is 24.4 Å². The number of rotatable bonds is 4. The van der Waals surface area contributed by atoms with E-state index in [0.717, 1.165) is 0 Å². The third kappa shape index (κ3) is 3.44. The van der Waals surface area contributed by atoms with E-state index in [1.165, 1.54) is 4.90 Å². The van der Waals surface area contributed by atoms with Crippen LogP contribution >= 0.6 is 0 Å². The van der Waals surface area contributed by atoms with Crippen LogP contribution in [0.15, 0.2) is 24.3 Å². The molecule has 0 aromatic rings. The molecule has 2 fully saturated rings. The number of esters is 1. The van der Waals surface area contributed by atoms with Crippen molar-refractivity contribution < 1.29 is 29.0 Å². The highest BCUT2D eigenvalue weighted by Gasteiger charge is 2.76. The number of cyclic esters (lactones) is 1. The van der Waals surface area contributed by atoms with Gasteiger partial charge in [0.2, 0.25) is 11.8 Å². The zero-order valence-electron chi connectivity index (χ0n) is 21.1. The summed E-state index contributed by atoms with van der Waals surface area (Å²) in [4.78, 5) is 45.1. The van der Waals surface area contributed by atoms with E-state index in [-0.39, 0.29) is 30.9 Å². The van der Waals surface area contributed by atoms with E-state index < -0.39 is 46.6 Å². The van der Waals surface area contributed by atoms with Crippen LogP contribution in [0.2, 0.25) is 0 Å². The standard InChI is InChI=1S/C26H38N2O6/c1-7-25-11-8-9-14-33-23(32)19(25)18-21(30)28(17(15-29)16(2)3)20-22(31)27(24(4,5)6)13-10-12-26(18,20)34-25/h8,10-12,16-20,29H,7,9,13-15H2,1-6H3/t17-,18-,19-,20?,25+,26-/m0/s1. The summed E-state index contributed by atoms with van der Waals surface area (Å²) < 4.78 is 12.4. The largest absolute Gasteiger partial charge is 0.465 e. The topological polar surface area (TPSA) is 96.4 Å². The smallest absolute Gasteiger partial charge is 0.313 e. The molecule has 34 heavy (non-hydrogen) atoms. The minimum atomic E-state index is -1.33. The van der Waals surface area contributed by atoms with Gasteiger partial charge in [-0.1, -0.05) is 45.1 Å². The van der Waals surface area contributed by atoms with Gasteiger partial charge in [-0.25, -0.2) is 0 Å². The Morgan fingerprint density at radius 3 is 2.41 bits per heavy atom. The molecule has 0 radical (unpaired) electrons. The second-order valence-corrected chi connectivity index (χ2v) is 11.2. The van der Waals surface area contributed by atoms with Crippen LogP contribution < -0.4 is 0 Å². The molecule has 8 heteroatoms. The number of hydrogen-bond donors (Lipinski definition) is 1. The van der Waals surface area contributed by atoms with Crippen LogP contribution in [0.1, 0.15) is 54.4 Å². The van der Waals surface area contributed by atoms with Gasteiger partial charge in [0.25, 0.3) is 0 Å². The Bertz CT molecular complexity index is 921. The van der Waals surface area contributed by atoms with E-state index in [2.05, 4.69) is 0 Å². The summed E-state index contributed by atoms with van der Waals surface area (Å²) in [5.74, 6) is -2.93. The van der Waals surface area contributed by atoms with Crippen molar-refractivity contribution in [2.45, 2.75) is 83.2 Å². The van der Waals surface area contributed by atoms with Crippen LogP contribution in [0, 0.1) is 17.8 Å². The Hall–Kier alpha value is -2.19. The lowest BCUT2D eigenvalue weighted by Crippen LogP contribution is -2.62. The average molecular weight is 475 g/mol. The SMILES string of the molecule is CC[C@@]12C=CCCOC(=O)[C@@H]1[C@H]1C(=O)N([C@@H](CO)C(C)C)C3C(=O)N(C(C)(C)C)CC=C[C@@]31O2. The molecule has 4 aliphatic heterocycles. The van der Waals surface area contributed by atoms with Gasteiger partial charge in [-0.2, -0.15) is 0 Å². The first-order chi connectivity index (χ1) is 15.9. The second-order valence-electron chi connectivity index (χ2n) is 11.2. The van der Waals surface area contributed by atoms with E-state index in [4.69, 9.17) is 9.47 Å². The minimum absolute atomic E-state index is 0.104. The summed E-state index contributed by atoms with van der Waals surface area (Å²) in [7, 11) is 0.